The van der Waals surface area contributed by atoms with E-state index >= 15 is 0 Å². The number of carboxylic acid groups (broad SMARTS) is 1. The van der Waals surface area contributed by atoms with Gasteiger partial charge in [-0.3, -0.25) is 0 Å². The van der Waals surface area contributed by atoms with Crippen molar-refractivity contribution in [2.75, 3.05) is 17.6 Å². The molecule has 0 unspecified atom stereocenters. The van der Waals surface area contributed by atoms with Crippen LogP contribution in [0.15, 0.2) is 30.9 Å². The van der Waals surface area contributed by atoms with Crippen LogP contribution >= 0.6 is 0 Å². The molecule has 0 aliphatic heterocycles. The second-order valence-electron chi connectivity index (χ2n) is 2.78. The van der Waals surface area contributed by atoms with Gasteiger partial charge in [0.05, 0.1) is 5.56 Å². The number of nitrogen functional groups attached to an aromatic ring is 1. The van der Waals surface area contributed by atoms with Crippen LogP contribution in [0.2, 0.25) is 0 Å². The average molecular weight is 192 g/mol. The van der Waals surface area contributed by atoms with Crippen LogP contribution in [-0.4, -0.2) is 17.6 Å². The zero-order valence-corrected chi connectivity index (χ0v) is 7.66. The molecule has 4 nitrogen and oxygen atoms in total. The lowest BCUT2D eigenvalue weighted by molar-refractivity contribution is 0.0698. The Morgan fingerprint density at radius 3 is 2.93 bits per heavy atom. The minimum atomic E-state index is -0.996. The number of anilines is 2. The Labute approximate surface area is 82.0 Å². The average Bonchev–Trinajstić information content (AvgIpc) is 2.15. The van der Waals surface area contributed by atoms with Crippen LogP contribution in [0.25, 0.3) is 0 Å². The summed E-state index contributed by atoms with van der Waals surface area (Å²) in [6, 6.07) is 4.72. The quantitative estimate of drug-likeness (QED) is 0.500. The first-order chi connectivity index (χ1) is 6.65. The third-order valence-electron chi connectivity index (χ3n) is 1.71. The molecule has 1 rings (SSSR count). The highest BCUT2D eigenvalue weighted by Crippen LogP contribution is 2.18. The van der Waals surface area contributed by atoms with E-state index in [1.54, 1.807) is 18.2 Å². The molecule has 0 saturated carbocycles. The van der Waals surface area contributed by atoms with E-state index in [1.807, 2.05) is 0 Å². The summed E-state index contributed by atoms with van der Waals surface area (Å²) in [6.07, 6.45) is 1.65. The summed E-state index contributed by atoms with van der Waals surface area (Å²) in [5.41, 5.74) is 6.64. The van der Waals surface area contributed by atoms with Gasteiger partial charge in [0.25, 0.3) is 0 Å². The SMILES string of the molecule is C=CCNc1ccc(N)cc1C(=O)O. The number of carboxylic acids is 1. The second kappa shape index (κ2) is 4.32. The van der Waals surface area contributed by atoms with Crippen molar-refractivity contribution in [3.8, 4) is 0 Å². The van der Waals surface area contributed by atoms with Crippen molar-refractivity contribution in [2.45, 2.75) is 0 Å². The van der Waals surface area contributed by atoms with Gasteiger partial charge in [0, 0.05) is 17.9 Å². The first-order valence-corrected chi connectivity index (χ1v) is 4.12. The maximum Gasteiger partial charge on any atom is 0.337 e. The monoisotopic (exact) mass is 192 g/mol. The van der Waals surface area contributed by atoms with Crippen LogP contribution in [0, 0.1) is 0 Å². The highest BCUT2D eigenvalue weighted by atomic mass is 16.4. The topological polar surface area (TPSA) is 75.3 Å². The summed E-state index contributed by atoms with van der Waals surface area (Å²) in [5.74, 6) is -0.996. The fraction of sp³-hybridized carbons (Fsp3) is 0.100. The molecule has 0 radical (unpaired) electrons. The van der Waals surface area contributed by atoms with Gasteiger partial charge in [0.2, 0.25) is 0 Å². The van der Waals surface area contributed by atoms with E-state index in [4.69, 9.17) is 10.8 Å². The molecule has 0 heterocycles. The lowest BCUT2D eigenvalue weighted by Crippen LogP contribution is -2.06. The molecule has 1 aromatic carbocycles. The van der Waals surface area contributed by atoms with Gasteiger partial charge in [-0.2, -0.15) is 0 Å². The molecule has 0 atom stereocenters. The van der Waals surface area contributed by atoms with E-state index < -0.39 is 5.97 Å². The molecule has 0 aromatic heterocycles. The molecule has 74 valence electrons. The maximum atomic E-state index is 10.8. The maximum absolute atomic E-state index is 10.8. The Balaban J connectivity index is 3.01. The molecule has 0 saturated heterocycles. The Bertz CT molecular complexity index is 361. The van der Waals surface area contributed by atoms with E-state index in [0.717, 1.165) is 0 Å². The Morgan fingerprint density at radius 2 is 2.36 bits per heavy atom. The van der Waals surface area contributed by atoms with E-state index in [-0.39, 0.29) is 5.56 Å². The van der Waals surface area contributed by atoms with Crippen molar-refractivity contribution in [1.82, 2.24) is 0 Å². The Hall–Kier alpha value is -1.97. The first kappa shape index (κ1) is 10.1. The second-order valence-corrected chi connectivity index (χ2v) is 2.78. The van der Waals surface area contributed by atoms with Gasteiger partial charge in [-0.25, -0.2) is 4.79 Å². The normalized spacial score (nSPS) is 9.43. The number of hydrogen-bond acceptors (Lipinski definition) is 3. The lowest BCUT2D eigenvalue weighted by atomic mass is 10.1. The molecular formula is C10H12N2O2. The molecule has 0 spiro atoms. The summed E-state index contributed by atoms with van der Waals surface area (Å²) in [7, 11) is 0. The zero-order valence-electron chi connectivity index (χ0n) is 7.66. The predicted octanol–water partition coefficient (Wildman–Crippen LogP) is 1.56. The number of aromatic carboxylic acids is 1. The summed E-state index contributed by atoms with van der Waals surface area (Å²) < 4.78 is 0. The van der Waals surface area contributed by atoms with Gasteiger partial charge in [-0.15, -0.1) is 6.58 Å². The molecule has 14 heavy (non-hydrogen) atoms. The number of nitrogens with one attached hydrogen (secondary N) is 1. The van der Waals surface area contributed by atoms with Crippen molar-refractivity contribution >= 4 is 17.3 Å². The van der Waals surface area contributed by atoms with Crippen LogP contribution in [0.5, 0.6) is 0 Å². The smallest absolute Gasteiger partial charge is 0.337 e. The minimum Gasteiger partial charge on any atom is -0.478 e. The number of carbonyl (C=O) groups is 1. The summed E-state index contributed by atoms with van der Waals surface area (Å²) >= 11 is 0. The van der Waals surface area contributed by atoms with Crippen LogP contribution in [0.4, 0.5) is 11.4 Å². The van der Waals surface area contributed by atoms with E-state index in [2.05, 4.69) is 11.9 Å². The van der Waals surface area contributed by atoms with Gasteiger partial charge in [0.15, 0.2) is 0 Å². The molecular weight excluding hydrogens is 180 g/mol. The van der Waals surface area contributed by atoms with Crippen molar-refractivity contribution in [3.63, 3.8) is 0 Å². The van der Waals surface area contributed by atoms with Gasteiger partial charge < -0.3 is 16.2 Å². The van der Waals surface area contributed by atoms with E-state index in [9.17, 15) is 4.79 Å². The number of hydrogen-bond donors (Lipinski definition) is 3. The van der Waals surface area contributed by atoms with Crippen LogP contribution in [0.3, 0.4) is 0 Å². The number of nitrogens with two attached hydrogens (primary N) is 1. The standard InChI is InChI=1S/C10H12N2O2/c1-2-5-12-9-4-3-7(11)6-8(9)10(13)14/h2-4,6,12H,1,5,11H2,(H,13,14). The summed E-state index contributed by atoms with van der Waals surface area (Å²) in [5, 5.41) is 11.8. The van der Waals surface area contributed by atoms with Crippen molar-refractivity contribution < 1.29 is 9.90 Å². The van der Waals surface area contributed by atoms with E-state index in [0.29, 0.717) is 17.9 Å². The van der Waals surface area contributed by atoms with Crippen molar-refractivity contribution in [3.05, 3.63) is 36.4 Å². The van der Waals surface area contributed by atoms with E-state index in [1.165, 1.54) is 6.07 Å². The third-order valence-corrected chi connectivity index (χ3v) is 1.71. The molecule has 0 bridgehead atoms. The molecule has 1 aromatic rings. The lowest BCUT2D eigenvalue weighted by Gasteiger charge is -2.07. The molecule has 0 aliphatic rings. The fourth-order valence-corrected chi connectivity index (χ4v) is 1.08. The van der Waals surface area contributed by atoms with Crippen molar-refractivity contribution in [2.24, 2.45) is 0 Å². The van der Waals surface area contributed by atoms with Crippen LogP contribution in [-0.2, 0) is 0 Å². The van der Waals surface area contributed by atoms with Gasteiger partial charge in [-0.05, 0) is 18.2 Å². The molecule has 0 fully saturated rings. The summed E-state index contributed by atoms with van der Waals surface area (Å²) in [6.45, 7) is 4.05. The highest BCUT2D eigenvalue weighted by molar-refractivity contribution is 5.95. The predicted molar refractivity (Wildman–Crippen MR) is 56.5 cm³/mol. The molecule has 0 amide bonds. The molecule has 4 N–H and O–H groups in total. The van der Waals surface area contributed by atoms with Crippen LogP contribution in [0.1, 0.15) is 10.4 Å². The number of benzene rings is 1. The third kappa shape index (κ3) is 2.26. The largest absolute Gasteiger partial charge is 0.478 e. The minimum absolute atomic E-state index is 0.173. The fourth-order valence-electron chi connectivity index (χ4n) is 1.08. The van der Waals surface area contributed by atoms with Crippen molar-refractivity contribution in [1.29, 1.82) is 0 Å². The Morgan fingerprint density at radius 1 is 1.64 bits per heavy atom. The summed E-state index contributed by atoms with van der Waals surface area (Å²) in [4.78, 5) is 10.8. The van der Waals surface area contributed by atoms with Gasteiger partial charge in [-0.1, -0.05) is 6.08 Å². The van der Waals surface area contributed by atoms with Crippen LogP contribution < -0.4 is 11.1 Å². The van der Waals surface area contributed by atoms with Gasteiger partial charge >= 0.3 is 5.97 Å². The Kier molecular flexibility index (Phi) is 3.12. The van der Waals surface area contributed by atoms with Gasteiger partial charge in [0.1, 0.15) is 0 Å². The molecule has 4 heteroatoms. The first-order valence-electron chi connectivity index (χ1n) is 4.12. The number of rotatable bonds is 4. The highest BCUT2D eigenvalue weighted by Gasteiger charge is 2.09. The molecule has 0 aliphatic carbocycles. The zero-order chi connectivity index (χ0) is 10.6.